The van der Waals surface area contributed by atoms with Crippen LogP contribution >= 0.6 is 0 Å². The lowest BCUT2D eigenvalue weighted by Crippen LogP contribution is -2.44. The van der Waals surface area contributed by atoms with Crippen LogP contribution in [0.3, 0.4) is 0 Å². The van der Waals surface area contributed by atoms with Gasteiger partial charge in [-0.15, -0.1) is 0 Å². The molecule has 0 radical (unpaired) electrons. The van der Waals surface area contributed by atoms with E-state index in [2.05, 4.69) is 15.5 Å². The molecule has 2 atom stereocenters. The van der Waals surface area contributed by atoms with Crippen molar-refractivity contribution in [3.8, 4) is 17.5 Å². The summed E-state index contributed by atoms with van der Waals surface area (Å²) in [6.45, 7) is 1.90. The molecule has 0 aliphatic carbocycles. The monoisotopic (exact) mass is 559 g/mol. The minimum absolute atomic E-state index is 0.119. The first-order chi connectivity index (χ1) is 19.3. The van der Waals surface area contributed by atoms with Crippen molar-refractivity contribution in [3.63, 3.8) is 0 Å². The summed E-state index contributed by atoms with van der Waals surface area (Å²) in [5.41, 5.74) is 3.44. The zero-order chi connectivity index (χ0) is 27.9. The number of carbonyl (C=O) groups excluding carboxylic acids is 1. The molecular weight excluding hydrogens is 530 g/mol. The molecule has 0 spiro atoms. The summed E-state index contributed by atoms with van der Waals surface area (Å²) in [5, 5.41) is 14.4. The van der Waals surface area contributed by atoms with Crippen LogP contribution in [0.2, 0.25) is 0 Å². The predicted octanol–water partition coefficient (Wildman–Crippen LogP) is 2.88. The highest BCUT2D eigenvalue weighted by Crippen LogP contribution is 2.35. The van der Waals surface area contributed by atoms with Gasteiger partial charge in [-0.1, -0.05) is 0 Å². The molecule has 1 aromatic heterocycles. The first-order valence-corrected chi connectivity index (χ1v) is 14.7. The Hall–Kier alpha value is -4.05. The molecule has 0 saturated carbocycles. The van der Waals surface area contributed by atoms with E-state index in [1.54, 1.807) is 19.2 Å². The standard InChI is InChI=1S/C28H29N7O4S/c1-30-28(36)31-20-6-4-19(5-7-20)26-32-25-17-35(40(37,38)23-10-2-18(14-29)3-11-23)13-12-24(25)27(33-26)34-15-21-8-9-22(16-34)39-21/h2-7,10-11,21-22H,8-9,12-13,15-17H2,1H3,(H2,30,31,36). The van der Waals surface area contributed by atoms with Gasteiger partial charge in [0.25, 0.3) is 0 Å². The summed E-state index contributed by atoms with van der Waals surface area (Å²) in [4.78, 5) is 24.0. The fourth-order valence-electron chi connectivity index (χ4n) is 5.52. The highest BCUT2D eigenvalue weighted by molar-refractivity contribution is 7.89. The first-order valence-electron chi connectivity index (χ1n) is 13.2. The van der Waals surface area contributed by atoms with E-state index in [1.165, 1.54) is 28.6 Å². The molecule has 2 fully saturated rings. The molecule has 2 N–H and O–H groups in total. The second-order valence-electron chi connectivity index (χ2n) is 10.2. The minimum atomic E-state index is -3.79. The Kier molecular flexibility index (Phi) is 6.87. The largest absolute Gasteiger partial charge is 0.371 e. The molecule has 4 heterocycles. The van der Waals surface area contributed by atoms with Crippen LogP contribution in [0.5, 0.6) is 0 Å². The Labute approximate surface area is 232 Å². The maximum absolute atomic E-state index is 13.5. The van der Waals surface area contributed by atoms with Gasteiger partial charge < -0.3 is 20.3 Å². The van der Waals surface area contributed by atoms with Crippen LogP contribution in [0.15, 0.2) is 53.4 Å². The van der Waals surface area contributed by atoms with Gasteiger partial charge in [0.2, 0.25) is 10.0 Å². The second-order valence-corrected chi connectivity index (χ2v) is 12.1. The Bertz CT molecular complexity index is 1570. The van der Waals surface area contributed by atoms with Gasteiger partial charge in [-0.25, -0.2) is 23.2 Å². The molecule has 2 unspecified atom stereocenters. The number of urea groups is 1. The van der Waals surface area contributed by atoms with Crippen LogP contribution in [-0.2, 0) is 27.7 Å². The van der Waals surface area contributed by atoms with Gasteiger partial charge in [-0.05, 0) is 67.8 Å². The van der Waals surface area contributed by atoms with Crippen LogP contribution in [0.25, 0.3) is 11.4 Å². The summed E-state index contributed by atoms with van der Waals surface area (Å²) in [7, 11) is -2.24. The van der Waals surface area contributed by atoms with Crippen molar-refractivity contribution in [1.82, 2.24) is 19.6 Å². The van der Waals surface area contributed by atoms with Crippen molar-refractivity contribution in [2.24, 2.45) is 0 Å². The van der Waals surface area contributed by atoms with Gasteiger partial charge in [0.1, 0.15) is 5.82 Å². The topological polar surface area (TPSA) is 141 Å². The van der Waals surface area contributed by atoms with Gasteiger partial charge >= 0.3 is 6.03 Å². The highest BCUT2D eigenvalue weighted by atomic mass is 32.2. The van der Waals surface area contributed by atoms with Crippen LogP contribution in [0.1, 0.15) is 29.7 Å². The van der Waals surface area contributed by atoms with E-state index in [0.717, 1.165) is 42.9 Å². The average molecular weight is 560 g/mol. The van der Waals surface area contributed by atoms with Gasteiger partial charge in [0.05, 0.1) is 41.0 Å². The predicted molar refractivity (Wildman–Crippen MR) is 148 cm³/mol. The zero-order valence-corrected chi connectivity index (χ0v) is 22.8. The van der Waals surface area contributed by atoms with E-state index in [4.69, 9.17) is 20.0 Å². The molecule has 40 heavy (non-hydrogen) atoms. The van der Waals surface area contributed by atoms with Crippen LogP contribution in [0, 0.1) is 11.3 Å². The fourth-order valence-corrected chi connectivity index (χ4v) is 6.92. The second kappa shape index (κ2) is 10.5. The third-order valence-corrected chi connectivity index (χ3v) is 9.46. The molecule has 2 amide bonds. The van der Waals surface area contributed by atoms with Crippen molar-refractivity contribution in [1.29, 1.82) is 5.26 Å². The molecule has 2 saturated heterocycles. The molecule has 3 aliphatic rings. The van der Waals surface area contributed by atoms with E-state index in [0.29, 0.717) is 35.7 Å². The summed E-state index contributed by atoms with van der Waals surface area (Å²) < 4.78 is 34.5. The van der Waals surface area contributed by atoms with Gasteiger partial charge in [0.15, 0.2) is 5.82 Å². The molecule has 11 nitrogen and oxygen atoms in total. The lowest BCUT2D eigenvalue weighted by atomic mass is 10.0. The van der Waals surface area contributed by atoms with Crippen LogP contribution in [0.4, 0.5) is 16.3 Å². The molecule has 3 aromatic rings. The molecule has 2 bridgehead atoms. The van der Waals surface area contributed by atoms with Crippen LogP contribution in [-0.4, -0.2) is 67.6 Å². The molecule has 206 valence electrons. The van der Waals surface area contributed by atoms with Gasteiger partial charge in [-0.3, -0.25) is 0 Å². The Morgan fingerprint density at radius 1 is 1.05 bits per heavy atom. The summed E-state index contributed by atoms with van der Waals surface area (Å²) in [5.74, 6) is 1.33. The number of hydrogen-bond acceptors (Lipinski definition) is 8. The lowest BCUT2D eigenvalue weighted by molar-refractivity contribution is 0.0301. The normalized spacial score (nSPS) is 20.4. The quantitative estimate of drug-likeness (QED) is 0.486. The van der Waals surface area contributed by atoms with E-state index in [1.807, 2.05) is 18.2 Å². The number of hydrogen-bond donors (Lipinski definition) is 2. The number of aromatic nitrogens is 2. The highest BCUT2D eigenvalue weighted by Gasteiger charge is 2.37. The number of nitrogens with zero attached hydrogens (tertiary/aromatic N) is 5. The number of rotatable bonds is 5. The molecule has 6 rings (SSSR count). The fraction of sp³-hybridized carbons (Fsp3) is 0.357. The van der Waals surface area contributed by atoms with Crippen molar-refractivity contribution < 1.29 is 17.9 Å². The third kappa shape index (κ3) is 4.99. The number of sulfonamides is 1. The average Bonchev–Trinajstić information content (AvgIpc) is 3.33. The molecule has 2 aromatic carbocycles. The summed E-state index contributed by atoms with van der Waals surface area (Å²) >= 11 is 0. The number of fused-ring (bicyclic) bond motifs is 3. The summed E-state index contributed by atoms with van der Waals surface area (Å²) in [6.07, 6.45) is 2.87. The van der Waals surface area contributed by atoms with Crippen molar-refractivity contribution in [2.75, 3.05) is 36.9 Å². The number of ether oxygens (including phenoxy) is 1. The minimum Gasteiger partial charge on any atom is -0.371 e. The number of nitrogens with one attached hydrogen (secondary N) is 2. The van der Waals surface area contributed by atoms with Gasteiger partial charge in [-0.2, -0.15) is 9.57 Å². The number of benzene rings is 2. The summed E-state index contributed by atoms with van der Waals surface area (Å²) in [6, 6.07) is 14.9. The molecular formula is C28H29N7O4S. The third-order valence-electron chi connectivity index (χ3n) is 7.60. The van der Waals surface area contributed by atoms with Crippen molar-refractivity contribution in [3.05, 3.63) is 65.4 Å². The Balaban J connectivity index is 1.36. The number of nitriles is 1. The molecule has 3 aliphatic heterocycles. The van der Waals surface area contributed by atoms with Crippen molar-refractivity contribution >= 4 is 27.6 Å². The zero-order valence-electron chi connectivity index (χ0n) is 22.0. The maximum Gasteiger partial charge on any atom is 0.318 e. The Morgan fingerprint density at radius 3 is 2.40 bits per heavy atom. The van der Waals surface area contributed by atoms with Crippen LogP contribution < -0.4 is 15.5 Å². The van der Waals surface area contributed by atoms with E-state index < -0.39 is 10.0 Å². The first kappa shape index (κ1) is 26.2. The smallest absolute Gasteiger partial charge is 0.318 e. The number of carbonyl (C=O) groups is 1. The van der Waals surface area contributed by atoms with Gasteiger partial charge in [0, 0.05) is 43.5 Å². The maximum atomic E-state index is 13.5. The Morgan fingerprint density at radius 2 is 1.75 bits per heavy atom. The number of amides is 2. The molecule has 12 heteroatoms. The van der Waals surface area contributed by atoms with E-state index in [9.17, 15) is 13.2 Å². The number of morpholine rings is 1. The van der Waals surface area contributed by atoms with E-state index >= 15 is 0 Å². The SMILES string of the molecule is CNC(=O)Nc1ccc(-c2nc3c(c(N4CC5CCC(C4)O5)n2)CCN(S(=O)(=O)c2ccc(C#N)cc2)C3)cc1. The number of anilines is 2. The van der Waals surface area contributed by atoms with E-state index in [-0.39, 0.29) is 29.7 Å². The lowest BCUT2D eigenvalue weighted by Gasteiger charge is -2.36. The van der Waals surface area contributed by atoms with Crippen molar-refractivity contribution in [2.45, 2.75) is 42.9 Å².